The number of esters is 1. The molecular formula is C34H32ClFN2O7S. The fraction of sp³-hybridized carbons (Fsp3) is 0.265. The summed E-state index contributed by atoms with van der Waals surface area (Å²) in [5, 5.41) is 0.227. The van der Waals surface area contributed by atoms with Crippen LogP contribution in [-0.2, 0) is 16.1 Å². The standard InChI is InChI=1S/C34H32ClFN2O7S/c1-5-42-26-13-12-21(17-27(26)43-6-2)30-23(33(40)41-4)18-37-34-38(30)32(39)29(46-34)16-20-14-24(35)31(28(15-20)44-7-3)45-19-22-10-8-9-11-25(22)36/h8-18,30H,5-7,19H2,1-4H3/b29-16-/t30-/m0/s1. The van der Waals surface area contributed by atoms with E-state index in [1.807, 2.05) is 20.8 Å². The van der Waals surface area contributed by atoms with Gasteiger partial charge in [-0.3, -0.25) is 9.36 Å². The van der Waals surface area contributed by atoms with E-state index >= 15 is 0 Å². The maximum absolute atomic E-state index is 14.2. The van der Waals surface area contributed by atoms with Crippen molar-refractivity contribution in [2.75, 3.05) is 26.9 Å². The van der Waals surface area contributed by atoms with Crippen molar-refractivity contribution >= 4 is 35.0 Å². The number of halogens is 2. The maximum Gasteiger partial charge on any atom is 0.337 e. The average molecular weight is 667 g/mol. The minimum absolute atomic E-state index is 0.0521. The van der Waals surface area contributed by atoms with Gasteiger partial charge in [-0.05, 0) is 68.3 Å². The molecule has 0 saturated carbocycles. The summed E-state index contributed by atoms with van der Waals surface area (Å²) >= 11 is 7.79. The quantitative estimate of drug-likeness (QED) is 0.182. The molecule has 0 radical (unpaired) electrons. The lowest BCUT2D eigenvalue weighted by atomic mass is 9.97. The highest BCUT2D eigenvalue weighted by Crippen LogP contribution is 2.38. The molecule has 1 aliphatic heterocycles. The molecule has 5 rings (SSSR count). The van der Waals surface area contributed by atoms with E-state index in [2.05, 4.69) is 4.99 Å². The molecule has 0 aliphatic carbocycles. The van der Waals surface area contributed by atoms with Gasteiger partial charge in [0.25, 0.3) is 5.56 Å². The van der Waals surface area contributed by atoms with Gasteiger partial charge in [0.15, 0.2) is 27.8 Å². The Labute approximate surface area is 273 Å². The van der Waals surface area contributed by atoms with Crippen LogP contribution in [0.1, 0.15) is 43.5 Å². The van der Waals surface area contributed by atoms with E-state index in [1.165, 1.54) is 23.9 Å². The minimum atomic E-state index is -0.836. The van der Waals surface area contributed by atoms with Crippen LogP contribution in [0, 0.1) is 5.82 Å². The number of carbonyl (C=O) groups is 1. The molecule has 0 unspecified atom stereocenters. The lowest BCUT2D eigenvalue weighted by Gasteiger charge is -2.23. The zero-order valence-electron chi connectivity index (χ0n) is 25.7. The Morgan fingerprint density at radius 3 is 2.41 bits per heavy atom. The molecule has 46 heavy (non-hydrogen) atoms. The van der Waals surface area contributed by atoms with Gasteiger partial charge in [0.1, 0.15) is 12.4 Å². The lowest BCUT2D eigenvalue weighted by Crippen LogP contribution is -2.39. The van der Waals surface area contributed by atoms with Crippen LogP contribution in [-0.4, -0.2) is 37.5 Å². The number of hydrogen-bond donors (Lipinski definition) is 0. The number of benzene rings is 3. The van der Waals surface area contributed by atoms with Gasteiger partial charge in [-0.1, -0.05) is 47.2 Å². The Kier molecular flexibility index (Phi) is 10.4. The summed E-state index contributed by atoms with van der Waals surface area (Å²) in [6.07, 6.45) is 3.09. The van der Waals surface area contributed by atoms with Crippen LogP contribution in [0.5, 0.6) is 23.0 Å². The fourth-order valence-electron chi connectivity index (χ4n) is 4.98. The molecule has 2 heterocycles. The van der Waals surface area contributed by atoms with E-state index in [9.17, 15) is 14.0 Å². The number of aromatic nitrogens is 1. The van der Waals surface area contributed by atoms with E-state index < -0.39 is 17.8 Å². The fourth-order valence-corrected chi connectivity index (χ4v) is 6.22. The van der Waals surface area contributed by atoms with Gasteiger partial charge < -0.3 is 23.7 Å². The van der Waals surface area contributed by atoms with Gasteiger partial charge in [0.05, 0.1) is 48.1 Å². The molecule has 9 nitrogen and oxygen atoms in total. The van der Waals surface area contributed by atoms with Gasteiger partial charge in [-0.2, -0.15) is 0 Å². The highest BCUT2D eigenvalue weighted by Gasteiger charge is 2.31. The van der Waals surface area contributed by atoms with Crippen LogP contribution in [0.4, 0.5) is 4.39 Å². The Morgan fingerprint density at radius 1 is 0.978 bits per heavy atom. The lowest BCUT2D eigenvalue weighted by molar-refractivity contribution is -0.136. The molecule has 0 amide bonds. The second kappa shape index (κ2) is 14.7. The Morgan fingerprint density at radius 2 is 1.70 bits per heavy atom. The SMILES string of the molecule is CCOc1ccc([C@H]2C(C(=O)OC)=CN=c3s/c(=C\c4cc(Cl)c(OCc5ccccc5F)c(OCC)c4)c(=O)n32)cc1OCC. The smallest absolute Gasteiger partial charge is 0.337 e. The summed E-state index contributed by atoms with van der Waals surface area (Å²) in [6.45, 7) is 6.65. The maximum atomic E-state index is 14.2. The van der Waals surface area contributed by atoms with Gasteiger partial charge in [-0.15, -0.1) is 0 Å². The van der Waals surface area contributed by atoms with E-state index in [4.69, 9.17) is 35.3 Å². The van der Waals surface area contributed by atoms with Crippen molar-refractivity contribution in [3.05, 3.63) is 114 Å². The number of hydrogen-bond acceptors (Lipinski definition) is 9. The van der Waals surface area contributed by atoms with Crippen molar-refractivity contribution < 1.29 is 32.9 Å². The van der Waals surface area contributed by atoms with Crippen molar-refractivity contribution in [3.63, 3.8) is 0 Å². The number of fused-ring (bicyclic) bond motifs is 1. The van der Waals surface area contributed by atoms with Gasteiger partial charge in [0, 0.05) is 11.8 Å². The van der Waals surface area contributed by atoms with Crippen LogP contribution >= 0.6 is 22.9 Å². The molecule has 240 valence electrons. The number of methoxy groups -OCH3 is 1. The summed E-state index contributed by atoms with van der Waals surface area (Å²) in [7, 11) is 1.28. The first-order valence-corrected chi connectivity index (χ1v) is 15.8. The molecule has 1 aromatic heterocycles. The molecule has 1 atom stereocenters. The molecule has 0 bridgehead atoms. The van der Waals surface area contributed by atoms with Crippen LogP contribution in [0.3, 0.4) is 0 Å². The molecule has 0 fully saturated rings. The predicted molar refractivity (Wildman–Crippen MR) is 173 cm³/mol. The summed E-state index contributed by atoms with van der Waals surface area (Å²) in [6, 6.07) is 14.1. The van der Waals surface area contributed by atoms with Gasteiger partial charge in [-0.25, -0.2) is 14.2 Å². The van der Waals surface area contributed by atoms with E-state index in [0.717, 1.165) is 11.3 Å². The summed E-state index contributed by atoms with van der Waals surface area (Å²) in [5.74, 6) is 0.626. The largest absolute Gasteiger partial charge is 0.490 e. The Hall–Kier alpha value is -4.61. The number of thiazole rings is 1. The normalized spacial score (nSPS) is 14.2. The van der Waals surface area contributed by atoms with Gasteiger partial charge in [0.2, 0.25) is 0 Å². The van der Waals surface area contributed by atoms with E-state index in [-0.39, 0.29) is 28.5 Å². The summed E-state index contributed by atoms with van der Waals surface area (Å²) in [5.41, 5.74) is 1.37. The second-order valence-electron chi connectivity index (χ2n) is 9.89. The second-order valence-corrected chi connectivity index (χ2v) is 11.3. The van der Waals surface area contributed by atoms with Crippen LogP contribution in [0.15, 0.2) is 76.2 Å². The topological polar surface area (TPSA) is 97.6 Å². The van der Waals surface area contributed by atoms with E-state index in [0.29, 0.717) is 63.1 Å². The third-order valence-electron chi connectivity index (χ3n) is 6.97. The van der Waals surface area contributed by atoms with Crippen molar-refractivity contribution in [2.24, 2.45) is 4.99 Å². The van der Waals surface area contributed by atoms with Crippen LogP contribution in [0.25, 0.3) is 6.08 Å². The number of carbonyl (C=O) groups excluding carboxylic acids is 1. The summed E-state index contributed by atoms with van der Waals surface area (Å²) < 4.78 is 44.3. The predicted octanol–water partition coefficient (Wildman–Crippen LogP) is 5.59. The highest BCUT2D eigenvalue weighted by atomic mass is 35.5. The highest BCUT2D eigenvalue weighted by molar-refractivity contribution is 7.07. The van der Waals surface area contributed by atoms with Crippen LogP contribution < -0.4 is 33.8 Å². The van der Waals surface area contributed by atoms with Crippen molar-refractivity contribution in [2.45, 2.75) is 33.4 Å². The molecule has 4 aromatic rings. The molecule has 0 saturated heterocycles. The Bertz CT molecular complexity index is 1970. The average Bonchev–Trinajstić information content (AvgIpc) is 3.36. The third-order valence-corrected chi connectivity index (χ3v) is 8.25. The van der Waals surface area contributed by atoms with Crippen LogP contribution in [0.2, 0.25) is 5.02 Å². The molecule has 3 aromatic carbocycles. The van der Waals surface area contributed by atoms with E-state index in [1.54, 1.807) is 54.6 Å². The Balaban J connectivity index is 1.58. The molecule has 0 spiro atoms. The number of nitrogens with zero attached hydrogens (tertiary/aromatic N) is 2. The van der Waals surface area contributed by atoms with Crippen molar-refractivity contribution in [1.82, 2.24) is 4.57 Å². The number of rotatable bonds is 12. The molecule has 1 aliphatic rings. The molecule has 0 N–H and O–H groups in total. The number of ether oxygens (including phenoxy) is 5. The van der Waals surface area contributed by atoms with Crippen molar-refractivity contribution in [3.8, 4) is 23.0 Å². The first-order chi connectivity index (χ1) is 22.3. The molecule has 12 heteroatoms. The van der Waals surface area contributed by atoms with Gasteiger partial charge >= 0.3 is 5.97 Å². The third kappa shape index (κ3) is 6.80. The van der Waals surface area contributed by atoms with Crippen molar-refractivity contribution in [1.29, 1.82) is 0 Å². The first kappa shape index (κ1) is 32.8. The summed E-state index contributed by atoms with van der Waals surface area (Å²) in [4.78, 5) is 31.7. The zero-order valence-corrected chi connectivity index (χ0v) is 27.2. The zero-order chi connectivity index (χ0) is 32.8. The minimum Gasteiger partial charge on any atom is -0.490 e. The first-order valence-electron chi connectivity index (χ1n) is 14.6. The monoisotopic (exact) mass is 666 g/mol. The molecular weight excluding hydrogens is 635 g/mol.